The Hall–Kier alpha value is -2.38. The monoisotopic (exact) mass is 442 g/mol. The third-order valence-electron chi connectivity index (χ3n) is 6.41. The molecule has 2 aromatic rings. The van der Waals surface area contributed by atoms with Crippen LogP contribution in [-0.4, -0.2) is 63.9 Å². The minimum absolute atomic E-state index is 0.0263. The molecular weight excluding hydrogens is 412 g/mol. The molecule has 2 fully saturated rings. The predicted molar refractivity (Wildman–Crippen MR) is 122 cm³/mol. The summed E-state index contributed by atoms with van der Waals surface area (Å²) in [6.45, 7) is 2.77. The lowest BCUT2D eigenvalue weighted by Crippen LogP contribution is -2.42. The lowest BCUT2D eigenvalue weighted by atomic mass is 10.1. The maximum absolute atomic E-state index is 12.9. The van der Waals surface area contributed by atoms with Crippen LogP contribution in [0.25, 0.3) is 0 Å². The Morgan fingerprint density at radius 2 is 1.65 bits per heavy atom. The molecule has 1 amide bonds. The molecule has 2 aliphatic rings. The number of carbonyl (C=O) groups is 1. The normalized spacial score (nSPS) is 20.2. The number of ether oxygens (including phenoxy) is 1. The van der Waals surface area contributed by atoms with Crippen molar-refractivity contribution in [2.75, 3.05) is 38.2 Å². The van der Waals surface area contributed by atoms with Crippen molar-refractivity contribution in [3.8, 4) is 0 Å². The fourth-order valence-corrected chi connectivity index (χ4v) is 6.32. The Bertz CT molecular complexity index is 984. The van der Waals surface area contributed by atoms with E-state index in [-0.39, 0.29) is 23.0 Å². The number of methoxy groups -OCH3 is 1. The molecule has 166 valence electrons. The summed E-state index contributed by atoms with van der Waals surface area (Å²) >= 11 is 0. The van der Waals surface area contributed by atoms with Crippen molar-refractivity contribution in [2.24, 2.45) is 0 Å². The zero-order valence-electron chi connectivity index (χ0n) is 17.9. The second-order valence-corrected chi connectivity index (χ2v) is 10.7. The number of benzene rings is 2. The molecule has 2 aliphatic heterocycles. The average Bonchev–Trinajstić information content (AvgIpc) is 3.29. The zero-order valence-corrected chi connectivity index (χ0v) is 18.8. The van der Waals surface area contributed by atoms with Crippen molar-refractivity contribution >= 4 is 21.4 Å². The maximum atomic E-state index is 12.9. The van der Waals surface area contributed by atoms with Gasteiger partial charge in [-0.1, -0.05) is 30.3 Å². The van der Waals surface area contributed by atoms with Gasteiger partial charge in [-0.25, -0.2) is 8.42 Å². The van der Waals surface area contributed by atoms with E-state index in [4.69, 9.17) is 4.74 Å². The van der Waals surface area contributed by atoms with Gasteiger partial charge in [0, 0.05) is 44.5 Å². The molecule has 0 spiro atoms. The largest absolute Gasteiger partial charge is 0.380 e. The molecule has 2 heterocycles. The fraction of sp³-hybridized carbons (Fsp3) is 0.458. The highest BCUT2D eigenvalue weighted by Gasteiger charge is 2.32. The molecule has 1 atom stereocenters. The molecule has 0 saturated carbocycles. The molecule has 31 heavy (non-hydrogen) atoms. The number of likely N-dealkylation sites (tertiary alicyclic amines) is 1. The van der Waals surface area contributed by atoms with E-state index in [1.165, 1.54) is 0 Å². The van der Waals surface area contributed by atoms with Crippen molar-refractivity contribution in [1.29, 1.82) is 0 Å². The minimum atomic E-state index is -3.23. The molecule has 7 heteroatoms. The Morgan fingerprint density at radius 3 is 2.26 bits per heavy atom. The molecule has 0 bridgehead atoms. The van der Waals surface area contributed by atoms with Crippen LogP contribution < -0.4 is 4.90 Å². The Morgan fingerprint density at radius 1 is 0.968 bits per heavy atom. The smallest absolute Gasteiger partial charge is 0.253 e. The second kappa shape index (κ2) is 9.40. The number of amides is 1. The van der Waals surface area contributed by atoms with E-state index < -0.39 is 9.84 Å². The van der Waals surface area contributed by atoms with Gasteiger partial charge in [0.25, 0.3) is 5.91 Å². The van der Waals surface area contributed by atoms with Gasteiger partial charge in [-0.05, 0) is 49.1 Å². The summed E-state index contributed by atoms with van der Waals surface area (Å²) < 4.78 is 31.0. The van der Waals surface area contributed by atoms with Crippen LogP contribution in [0.4, 0.5) is 5.69 Å². The number of hydrogen-bond acceptors (Lipinski definition) is 5. The lowest BCUT2D eigenvalue weighted by molar-refractivity contribution is 0.0725. The predicted octanol–water partition coefficient (Wildman–Crippen LogP) is 3.13. The highest BCUT2D eigenvalue weighted by Crippen LogP contribution is 2.25. The van der Waals surface area contributed by atoms with Gasteiger partial charge in [0.15, 0.2) is 9.84 Å². The summed E-state index contributed by atoms with van der Waals surface area (Å²) in [7, 11) is -1.48. The van der Waals surface area contributed by atoms with Crippen LogP contribution in [-0.2, 0) is 20.3 Å². The van der Waals surface area contributed by atoms with Gasteiger partial charge in [0.1, 0.15) is 0 Å². The first-order valence-electron chi connectivity index (χ1n) is 10.9. The number of hydrogen-bond donors (Lipinski definition) is 0. The Labute approximate surface area is 184 Å². The number of anilines is 1. The van der Waals surface area contributed by atoms with Crippen LogP contribution in [0.15, 0.2) is 54.6 Å². The SMILES string of the molecule is COC1CCN(c2ccc(C(=O)N3CCC(S(=O)(=O)Cc4ccccc4)CC3)cc2)C1. The van der Waals surface area contributed by atoms with Gasteiger partial charge in [-0.3, -0.25) is 4.79 Å². The Kier molecular flexibility index (Phi) is 6.62. The molecule has 6 nitrogen and oxygen atoms in total. The molecule has 0 aromatic heterocycles. The molecule has 2 saturated heterocycles. The first-order chi connectivity index (χ1) is 15.0. The number of rotatable bonds is 6. The molecule has 0 aliphatic carbocycles. The summed E-state index contributed by atoms with van der Waals surface area (Å²) in [4.78, 5) is 17.0. The van der Waals surface area contributed by atoms with E-state index in [2.05, 4.69) is 4.90 Å². The molecule has 0 radical (unpaired) electrons. The highest BCUT2D eigenvalue weighted by atomic mass is 32.2. The topological polar surface area (TPSA) is 66.9 Å². The third kappa shape index (κ3) is 5.10. The van der Waals surface area contributed by atoms with Gasteiger partial charge in [-0.2, -0.15) is 0 Å². The number of nitrogens with zero attached hydrogens (tertiary/aromatic N) is 2. The molecule has 2 aromatic carbocycles. The van der Waals surface area contributed by atoms with Crippen molar-refractivity contribution in [1.82, 2.24) is 4.90 Å². The highest BCUT2D eigenvalue weighted by molar-refractivity contribution is 7.91. The van der Waals surface area contributed by atoms with Crippen molar-refractivity contribution in [3.63, 3.8) is 0 Å². The molecule has 4 rings (SSSR count). The van der Waals surface area contributed by atoms with E-state index in [9.17, 15) is 13.2 Å². The molecule has 0 N–H and O–H groups in total. The van der Waals surface area contributed by atoms with Crippen LogP contribution >= 0.6 is 0 Å². The number of piperidine rings is 1. The summed E-state index contributed by atoms with van der Waals surface area (Å²) in [6.07, 6.45) is 2.26. The van der Waals surface area contributed by atoms with E-state index >= 15 is 0 Å². The maximum Gasteiger partial charge on any atom is 0.253 e. The van der Waals surface area contributed by atoms with Gasteiger partial charge < -0.3 is 14.5 Å². The van der Waals surface area contributed by atoms with Gasteiger partial charge in [0.2, 0.25) is 0 Å². The van der Waals surface area contributed by atoms with Crippen LogP contribution in [0, 0.1) is 0 Å². The van der Waals surface area contributed by atoms with Crippen molar-refractivity contribution < 1.29 is 17.9 Å². The van der Waals surface area contributed by atoms with Crippen molar-refractivity contribution in [3.05, 3.63) is 65.7 Å². The van der Waals surface area contributed by atoms with Gasteiger partial charge in [-0.15, -0.1) is 0 Å². The number of carbonyl (C=O) groups excluding carboxylic acids is 1. The Balaban J connectivity index is 1.33. The summed E-state index contributed by atoms with van der Waals surface area (Å²) in [5.41, 5.74) is 2.56. The van der Waals surface area contributed by atoms with Crippen LogP contribution in [0.2, 0.25) is 0 Å². The van der Waals surface area contributed by atoms with Crippen molar-refractivity contribution in [2.45, 2.75) is 36.4 Å². The quantitative estimate of drug-likeness (QED) is 0.688. The van der Waals surface area contributed by atoms with Crippen LogP contribution in [0.5, 0.6) is 0 Å². The van der Waals surface area contributed by atoms with E-state index in [0.29, 0.717) is 31.5 Å². The molecular formula is C24H30N2O4S. The second-order valence-electron chi connectivity index (χ2n) is 8.42. The number of sulfone groups is 1. The summed E-state index contributed by atoms with van der Waals surface area (Å²) in [6, 6.07) is 17.0. The standard InChI is InChI=1S/C24H30N2O4S/c1-30-22-11-14-26(17-22)21-9-7-20(8-10-21)24(27)25-15-12-23(13-16-25)31(28,29)18-19-5-3-2-4-6-19/h2-10,22-23H,11-18H2,1H3. The van der Waals surface area contributed by atoms with E-state index in [0.717, 1.165) is 30.8 Å². The third-order valence-corrected chi connectivity index (χ3v) is 8.63. The summed E-state index contributed by atoms with van der Waals surface area (Å²) in [5, 5.41) is -0.386. The average molecular weight is 443 g/mol. The lowest BCUT2D eigenvalue weighted by Gasteiger charge is -2.32. The first-order valence-corrected chi connectivity index (χ1v) is 12.6. The van der Waals surface area contributed by atoms with Crippen LogP contribution in [0.1, 0.15) is 35.2 Å². The fourth-order valence-electron chi connectivity index (χ4n) is 4.49. The van der Waals surface area contributed by atoms with Gasteiger partial charge in [0.05, 0.1) is 17.1 Å². The molecule has 1 unspecified atom stereocenters. The van der Waals surface area contributed by atoms with E-state index in [1.807, 2.05) is 54.6 Å². The zero-order chi connectivity index (χ0) is 21.8. The van der Waals surface area contributed by atoms with E-state index in [1.54, 1.807) is 12.0 Å². The van der Waals surface area contributed by atoms with Crippen LogP contribution in [0.3, 0.4) is 0 Å². The minimum Gasteiger partial charge on any atom is -0.380 e. The first kappa shape index (κ1) is 21.8. The van der Waals surface area contributed by atoms with Gasteiger partial charge >= 0.3 is 0 Å². The summed E-state index contributed by atoms with van der Waals surface area (Å²) in [5.74, 6) is 0.0376.